The van der Waals surface area contributed by atoms with Crippen LogP contribution in [0.15, 0.2) is 88.8 Å². The summed E-state index contributed by atoms with van der Waals surface area (Å²) < 4.78 is 55.1. The molecule has 41 heavy (non-hydrogen) atoms. The number of anilines is 1. The van der Waals surface area contributed by atoms with Crippen molar-refractivity contribution in [1.82, 2.24) is 14.1 Å². The highest BCUT2D eigenvalue weighted by Crippen LogP contribution is 2.37. The lowest BCUT2D eigenvalue weighted by molar-refractivity contribution is 0.304. The molecule has 5 rings (SSSR count). The fourth-order valence-electron chi connectivity index (χ4n) is 4.28. The number of ether oxygens (including phenoxy) is 4. The number of rotatable bonds is 10. The molecule has 0 spiro atoms. The number of sulfonamides is 1. The second kappa shape index (κ2) is 11.3. The van der Waals surface area contributed by atoms with Gasteiger partial charge in [0.2, 0.25) is 0 Å². The maximum Gasteiger partial charge on any atom is 0.328 e. The number of imidazole rings is 1. The number of hydrogen-bond donors (Lipinski definition) is 1. The van der Waals surface area contributed by atoms with Gasteiger partial charge in [-0.1, -0.05) is 6.07 Å². The molecule has 0 aliphatic carbocycles. The van der Waals surface area contributed by atoms with E-state index in [0.717, 1.165) is 5.56 Å². The molecule has 212 valence electrons. The monoisotopic (exact) mass is 576 g/mol. The molecule has 0 aliphatic rings. The van der Waals surface area contributed by atoms with Crippen LogP contribution in [0, 0.1) is 0 Å². The van der Waals surface area contributed by atoms with E-state index >= 15 is 0 Å². The first-order valence-corrected chi connectivity index (χ1v) is 13.9. The van der Waals surface area contributed by atoms with Crippen LogP contribution in [-0.2, 0) is 30.7 Å². The highest BCUT2D eigenvalue weighted by atomic mass is 32.2. The molecule has 0 saturated carbocycles. The van der Waals surface area contributed by atoms with E-state index in [9.17, 15) is 13.2 Å². The van der Waals surface area contributed by atoms with Gasteiger partial charge in [-0.05, 0) is 48.0 Å². The molecule has 0 atom stereocenters. The third-order valence-corrected chi connectivity index (χ3v) is 7.83. The van der Waals surface area contributed by atoms with Crippen molar-refractivity contribution in [2.75, 3.05) is 18.9 Å². The fraction of sp³-hybridized carbons (Fsp3) is 0.172. The van der Waals surface area contributed by atoms with E-state index in [2.05, 4.69) is 9.71 Å². The van der Waals surface area contributed by atoms with Crippen molar-refractivity contribution in [2.45, 2.75) is 11.5 Å². The molecule has 0 saturated heterocycles. The summed E-state index contributed by atoms with van der Waals surface area (Å²) in [5.74, 6) is 1.80. The molecule has 11 nitrogen and oxygen atoms in total. The third kappa shape index (κ3) is 5.68. The van der Waals surface area contributed by atoms with Gasteiger partial charge in [-0.15, -0.1) is 0 Å². The van der Waals surface area contributed by atoms with Crippen molar-refractivity contribution >= 4 is 26.7 Å². The Kier molecular flexibility index (Phi) is 7.58. The molecular formula is C29H28N4O7S. The predicted molar refractivity (Wildman–Crippen MR) is 154 cm³/mol. The minimum atomic E-state index is -4.11. The summed E-state index contributed by atoms with van der Waals surface area (Å²) in [7, 11) is 2.03. The average molecular weight is 577 g/mol. The zero-order chi connectivity index (χ0) is 29.1. The van der Waals surface area contributed by atoms with Gasteiger partial charge in [-0.2, -0.15) is 0 Å². The Balaban J connectivity index is 1.51. The number of nitrogens with zero attached hydrogens (tertiary/aromatic N) is 3. The Labute approximate surface area is 236 Å². The second-order valence-electron chi connectivity index (χ2n) is 9.08. The molecule has 0 amide bonds. The van der Waals surface area contributed by atoms with Crippen molar-refractivity contribution in [3.05, 3.63) is 95.2 Å². The van der Waals surface area contributed by atoms with E-state index < -0.39 is 10.0 Å². The Morgan fingerprint density at radius 2 is 1.49 bits per heavy atom. The van der Waals surface area contributed by atoms with E-state index in [1.165, 1.54) is 41.6 Å². The zero-order valence-corrected chi connectivity index (χ0v) is 23.6. The molecule has 0 bridgehead atoms. The summed E-state index contributed by atoms with van der Waals surface area (Å²) in [6.45, 7) is 0.334. The highest BCUT2D eigenvalue weighted by Gasteiger charge is 2.22. The summed E-state index contributed by atoms with van der Waals surface area (Å²) >= 11 is 0. The Morgan fingerprint density at radius 1 is 0.805 bits per heavy atom. The van der Waals surface area contributed by atoms with E-state index in [0.29, 0.717) is 34.9 Å². The maximum absolute atomic E-state index is 13.5. The molecular weight excluding hydrogens is 548 g/mol. The number of fused-ring (bicyclic) bond motifs is 1. The van der Waals surface area contributed by atoms with Gasteiger partial charge in [0.25, 0.3) is 10.0 Å². The topological polar surface area (TPSA) is 123 Å². The molecule has 12 heteroatoms. The molecule has 0 aliphatic heterocycles. The van der Waals surface area contributed by atoms with Crippen LogP contribution < -0.4 is 29.4 Å². The Hall–Kier alpha value is -4.97. The van der Waals surface area contributed by atoms with Crippen LogP contribution in [0.25, 0.3) is 11.0 Å². The first kappa shape index (κ1) is 27.6. The van der Waals surface area contributed by atoms with Gasteiger partial charge in [0, 0.05) is 44.7 Å². The lowest BCUT2D eigenvalue weighted by atomic mass is 10.2. The summed E-state index contributed by atoms with van der Waals surface area (Å²) in [6.07, 6.45) is 3.38. The van der Waals surface area contributed by atoms with Gasteiger partial charge in [-0.25, -0.2) is 13.2 Å². The standard InChI is InChI=1S/C29H28N4O7S/c1-32-24-16-23(31-41(35,36)22-8-9-26(37-3)28(15-22)38-4)27(17-25(24)33(2)29(32)34)40-21-7-5-6-20(14-21)39-18-19-10-12-30-13-11-19/h5-17,31H,18H2,1-4H3. The summed E-state index contributed by atoms with van der Waals surface area (Å²) in [4.78, 5) is 16.6. The van der Waals surface area contributed by atoms with Crippen LogP contribution >= 0.6 is 0 Å². The Morgan fingerprint density at radius 3 is 2.20 bits per heavy atom. The summed E-state index contributed by atoms with van der Waals surface area (Å²) in [5.41, 5.74) is 1.90. The number of hydrogen-bond acceptors (Lipinski definition) is 8. The van der Waals surface area contributed by atoms with Crippen molar-refractivity contribution in [3.63, 3.8) is 0 Å². The van der Waals surface area contributed by atoms with Gasteiger partial charge < -0.3 is 18.9 Å². The van der Waals surface area contributed by atoms with Crippen LogP contribution in [0.4, 0.5) is 5.69 Å². The molecule has 3 aromatic carbocycles. The van der Waals surface area contributed by atoms with Crippen molar-refractivity contribution in [1.29, 1.82) is 0 Å². The van der Waals surface area contributed by atoms with Crippen molar-refractivity contribution < 1.29 is 27.4 Å². The van der Waals surface area contributed by atoms with Crippen LogP contribution in [0.3, 0.4) is 0 Å². The van der Waals surface area contributed by atoms with Gasteiger partial charge >= 0.3 is 5.69 Å². The average Bonchev–Trinajstić information content (AvgIpc) is 3.19. The van der Waals surface area contributed by atoms with Gasteiger partial charge in [0.1, 0.15) is 18.1 Å². The molecule has 0 unspecified atom stereocenters. The van der Waals surface area contributed by atoms with Crippen LogP contribution in [0.1, 0.15) is 5.56 Å². The van der Waals surface area contributed by atoms with Gasteiger partial charge in [0.05, 0.1) is 35.8 Å². The van der Waals surface area contributed by atoms with Crippen molar-refractivity contribution in [2.24, 2.45) is 14.1 Å². The smallest absolute Gasteiger partial charge is 0.328 e. The second-order valence-corrected chi connectivity index (χ2v) is 10.8. The molecule has 2 aromatic heterocycles. The minimum absolute atomic E-state index is 0.0466. The van der Waals surface area contributed by atoms with E-state index in [4.69, 9.17) is 18.9 Å². The van der Waals surface area contributed by atoms with Gasteiger partial charge in [-0.3, -0.25) is 18.8 Å². The van der Waals surface area contributed by atoms with E-state index in [1.54, 1.807) is 62.9 Å². The van der Waals surface area contributed by atoms with Gasteiger partial charge in [0.15, 0.2) is 17.2 Å². The molecule has 5 aromatic rings. The van der Waals surface area contributed by atoms with E-state index in [1.807, 2.05) is 12.1 Å². The molecule has 0 radical (unpaired) electrons. The lowest BCUT2D eigenvalue weighted by Crippen LogP contribution is -2.19. The summed E-state index contributed by atoms with van der Waals surface area (Å²) in [6, 6.07) is 18.1. The highest BCUT2D eigenvalue weighted by molar-refractivity contribution is 7.92. The van der Waals surface area contributed by atoms with Crippen LogP contribution in [0.5, 0.6) is 28.7 Å². The SMILES string of the molecule is COc1ccc(S(=O)(=O)Nc2cc3c(cc2Oc2cccc(OCc4ccncc4)c2)n(C)c(=O)n3C)cc1OC. The maximum atomic E-state index is 13.5. The van der Waals surface area contributed by atoms with Crippen molar-refractivity contribution in [3.8, 4) is 28.7 Å². The summed E-state index contributed by atoms with van der Waals surface area (Å²) in [5, 5.41) is 0. The van der Waals surface area contributed by atoms with E-state index in [-0.39, 0.29) is 27.8 Å². The minimum Gasteiger partial charge on any atom is -0.493 e. The number of aryl methyl sites for hydroxylation is 2. The quantitative estimate of drug-likeness (QED) is 0.259. The number of pyridine rings is 1. The predicted octanol–water partition coefficient (Wildman–Crippen LogP) is 4.46. The third-order valence-electron chi connectivity index (χ3n) is 6.47. The first-order valence-electron chi connectivity index (χ1n) is 12.4. The fourth-order valence-corrected chi connectivity index (χ4v) is 5.35. The number of benzene rings is 3. The first-order chi connectivity index (χ1) is 19.7. The van der Waals surface area contributed by atoms with Crippen LogP contribution in [0.2, 0.25) is 0 Å². The normalized spacial score (nSPS) is 11.3. The Bertz CT molecular complexity index is 1880. The number of methoxy groups -OCH3 is 2. The zero-order valence-electron chi connectivity index (χ0n) is 22.8. The molecule has 2 heterocycles. The number of nitrogens with one attached hydrogen (secondary N) is 1. The van der Waals surface area contributed by atoms with Crippen LogP contribution in [-0.4, -0.2) is 36.8 Å². The largest absolute Gasteiger partial charge is 0.493 e. The molecule has 1 N–H and O–H groups in total. The lowest BCUT2D eigenvalue weighted by Gasteiger charge is -2.16. The molecule has 0 fully saturated rings. The number of aromatic nitrogens is 3.